The third-order valence-electron chi connectivity index (χ3n) is 3.11. The number of nitrogens with one attached hydrogen (secondary N) is 1. The van der Waals surface area contributed by atoms with Crippen molar-refractivity contribution in [1.82, 2.24) is 5.32 Å². The maximum Gasteiger partial charge on any atom is 0.223 e. The van der Waals surface area contributed by atoms with Gasteiger partial charge in [-0.1, -0.05) is 33.6 Å². The molecule has 1 amide bonds. The third kappa shape index (κ3) is 6.83. The highest BCUT2D eigenvalue weighted by Crippen LogP contribution is 2.12. The molecule has 0 heterocycles. The number of amides is 1. The minimum absolute atomic E-state index is 0.192. The van der Waals surface area contributed by atoms with Gasteiger partial charge in [-0.25, -0.2) is 0 Å². The van der Waals surface area contributed by atoms with Crippen molar-refractivity contribution >= 4 is 5.91 Å². The number of hydrogen-bond acceptors (Lipinski definition) is 2. The van der Waals surface area contributed by atoms with Crippen LogP contribution in [0.25, 0.3) is 0 Å². The molecule has 0 aliphatic carbocycles. The Bertz CT molecular complexity index is 183. The van der Waals surface area contributed by atoms with Gasteiger partial charge in [0.2, 0.25) is 5.91 Å². The summed E-state index contributed by atoms with van der Waals surface area (Å²) in [6.45, 7) is 7.03. The van der Waals surface area contributed by atoms with Crippen LogP contribution in [0, 0.1) is 5.92 Å². The van der Waals surface area contributed by atoms with Gasteiger partial charge in [0.15, 0.2) is 0 Å². The van der Waals surface area contributed by atoms with Crippen LogP contribution in [0.4, 0.5) is 0 Å². The molecule has 0 aromatic carbocycles. The summed E-state index contributed by atoms with van der Waals surface area (Å²) in [7, 11) is 0. The molecular weight excluding hydrogens is 200 g/mol. The molecule has 0 aliphatic rings. The molecule has 0 aromatic rings. The molecule has 0 saturated carbocycles. The Morgan fingerprint density at radius 3 is 2.38 bits per heavy atom. The van der Waals surface area contributed by atoms with Crippen molar-refractivity contribution in [3.63, 3.8) is 0 Å². The summed E-state index contributed by atoms with van der Waals surface area (Å²) < 4.78 is 0. The molecule has 0 fully saturated rings. The first-order chi connectivity index (χ1) is 7.65. The number of nitrogens with two attached hydrogens (primary N) is 1. The first-order valence-corrected chi connectivity index (χ1v) is 6.68. The average molecular weight is 228 g/mol. The van der Waals surface area contributed by atoms with E-state index in [-0.39, 0.29) is 17.9 Å². The van der Waals surface area contributed by atoms with E-state index in [1.54, 1.807) is 0 Å². The first kappa shape index (κ1) is 15.4. The molecule has 16 heavy (non-hydrogen) atoms. The molecule has 96 valence electrons. The Kier molecular flexibility index (Phi) is 9.30. The lowest BCUT2D eigenvalue weighted by Gasteiger charge is -2.15. The minimum Gasteiger partial charge on any atom is -0.356 e. The molecule has 0 rings (SSSR count). The van der Waals surface area contributed by atoms with Gasteiger partial charge in [-0.3, -0.25) is 4.79 Å². The highest BCUT2D eigenvalue weighted by atomic mass is 16.1. The summed E-state index contributed by atoms with van der Waals surface area (Å²) in [4.78, 5) is 11.8. The van der Waals surface area contributed by atoms with Crippen molar-refractivity contribution < 1.29 is 4.79 Å². The zero-order chi connectivity index (χ0) is 12.4. The fourth-order valence-corrected chi connectivity index (χ4v) is 1.70. The Morgan fingerprint density at radius 1 is 1.19 bits per heavy atom. The minimum atomic E-state index is 0.192. The van der Waals surface area contributed by atoms with Crippen molar-refractivity contribution in [2.24, 2.45) is 11.7 Å². The molecule has 3 N–H and O–H groups in total. The largest absolute Gasteiger partial charge is 0.356 e. The monoisotopic (exact) mass is 228 g/mol. The molecule has 3 nitrogen and oxygen atoms in total. The zero-order valence-corrected chi connectivity index (χ0v) is 11.1. The Hall–Kier alpha value is -0.570. The summed E-state index contributed by atoms with van der Waals surface area (Å²) in [5.74, 6) is 0.400. The first-order valence-electron chi connectivity index (χ1n) is 6.68. The third-order valence-corrected chi connectivity index (χ3v) is 3.11. The number of hydrogen-bond donors (Lipinski definition) is 2. The number of carbonyl (C=O) groups excluding carboxylic acids is 1. The molecule has 2 unspecified atom stereocenters. The highest BCUT2D eigenvalue weighted by molar-refractivity contribution is 5.78. The molecule has 0 radical (unpaired) electrons. The second-order valence-electron chi connectivity index (χ2n) is 4.50. The second kappa shape index (κ2) is 9.64. The average Bonchev–Trinajstić information content (AvgIpc) is 2.29. The van der Waals surface area contributed by atoms with Crippen molar-refractivity contribution in [3.8, 4) is 0 Å². The Morgan fingerprint density at radius 2 is 1.88 bits per heavy atom. The highest BCUT2D eigenvalue weighted by Gasteiger charge is 2.15. The van der Waals surface area contributed by atoms with Gasteiger partial charge in [0.05, 0.1) is 0 Å². The number of carbonyl (C=O) groups is 1. The van der Waals surface area contributed by atoms with E-state index in [9.17, 15) is 4.79 Å². The van der Waals surface area contributed by atoms with E-state index < -0.39 is 0 Å². The quantitative estimate of drug-likeness (QED) is 0.637. The van der Waals surface area contributed by atoms with E-state index in [0.717, 1.165) is 45.1 Å². The molecule has 3 heteroatoms. The zero-order valence-electron chi connectivity index (χ0n) is 11.1. The van der Waals surface area contributed by atoms with Crippen LogP contribution in [0.15, 0.2) is 0 Å². The molecule has 0 bridgehead atoms. The lowest BCUT2D eigenvalue weighted by atomic mass is 9.98. The normalized spacial score (nSPS) is 14.5. The molecule has 0 aromatic heterocycles. The van der Waals surface area contributed by atoms with Crippen molar-refractivity contribution in [1.29, 1.82) is 0 Å². The van der Waals surface area contributed by atoms with Gasteiger partial charge >= 0.3 is 0 Å². The van der Waals surface area contributed by atoms with Gasteiger partial charge in [0, 0.05) is 18.5 Å². The van der Waals surface area contributed by atoms with E-state index in [4.69, 9.17) is 5.73 Å². The fourth-order valence-electron chi connectivity index (χ4n) is 1.70. The smallest absolute Gasteiger partial charge is 0.223 e. The maximum absolute atomic E-state index is 11.8. The van der Waals surface area contributed by atoms with Crippen LogP contribution in [0.3, 0.4) is 0 Å². The van der Waals surface area contributed by atoms with E-state index >= 15 is 0 Å². The van der Waals surface area contributed by atoms with E-state index in [0.29, 0.717) is 0 Å². The lowest BCUT2D eigenvalue weighted by molar-refractivity contribution is -0.125. The van der Waals surface area contributed by atoms with E-state index in [1.807, 2.05) is 0 Å². The van der Waals surface area contributed by atoms with E-state index in [1.165, 1.54) is 0 Å². The summed E-state index contributed by atoms with van der Waals surface area (Å²) in [6, 6.07) is 0.219. The Balaban J connectivity index is 3.74. The summed E-state index contributed by atoms with van der Waals surface area (Å²) in [5.41, 5.74) is 5.80. The second-order valence-corrected chi connectivity index (χ2v) is 4.50. The van der Waals surface area contributed by atoms with Gasteiger partial charge < -0.3 is 11.1 Å². The number of rotatable bonds is 9. The van der Waals surface area contributed by atoms with Crippen LogP contribution in [0.1, 0.15) is 59.3 Å². The van der Waals surface area contributed by atoms with Crippen molar-refractivity contribution in [2.45, 2.75) is 65.3 Å². The van der Waals surface area contributed by atoms with Crippen LogP contribution in [-0.2, 0) is 4.79 Å². The summed E-state index contributed by atoms with van der Waals surface area (Å²) >= 11 is 0. The number of unbranched alkanes of at least 4 members (excludes halogenated alkanes) is 1. The molecule has 2 atom stereocenters. The predicted octanol–water partition coefficient (Wildman–Crippen LogP) is 2.45. The van der Waals surface area contributed by atoms with E-state index in [2.05, 4.69) is 26.1 Å². The maximum atomic E-state index is 11.8. The topological polar surface area (TPSA) is 55.1 Å². The van der Waals surface area contributed by atoms with Gasteiger partial charge in [0.1, 0.15) is 0 Å². The molecular formula is C13H28N2O. The Labute approximate surface area is 100 Å². The lowest BCUT2D eigenvalue weighted by Crippen LogP contribution is -2.34. The van der Waals surface area contributed by atoms with Crippen LogP contribution < -0.4 is 11.1 Å². The van der Waals surface area contributed by atoms with Crippen LogP contribution in [0.2, 0.25) is 0 Å². The summed E-state index contributed by atoms with van der Waals surface area (Å²) in [6.07, 6.45) is 6.10. The van der Waals surface area contributed by atoms with Gasteiger partial charge in [-0.2, -0.15) is 0 Å². The molecule has 0 aliphatic heterocycles. The van der Waals surface area contributed by atoms with Crippen LogP contribution >= 0.6 is 0 Å². The van der Waals surface area contributed by atoms with Crippen molar-refractivity contribution in [2.75, 3.05) is 6.54 Å². The van der Waals surface area contributed by atoms with Crippen LogP contribution in [0.5, 0.6) is 0 Å². The van der Waals surface area contributed by atoms with Gasteiger partial charge in [-0.15, -0.1) is 0 Å². The van der Waals surface area contributed by atoms with Gasteiger partial charge in [0.25, 0.3) is 0 Å². The SMILES string of the molecule is CCCCC(CC)C(=O)NCCC(N)CC. The van der Waals surface area contributed by atoms with Gasteiger partial charge in [-0.05, 0) is 25.7 Å². The molecule has 0 saturated heterocycles. The predicted molar refractivity (Wildman–Crippen MR) is 69.2 cm³/mol. The summed E-state index contributed by atoms with van der Waals surface area (Å²) in [5, 5.41) is 2.99. The fraction of sp³-hybridized carbons (Fsp3) is 0.923. The van der Waals surface area contributed by atoms with Crippen molar-refractivity contribution in [3.05, 3.63) is 0 Å². The molecule has 0 spiro atoms. The van der Waals surface area contributed by atoms with Crippen LogP contribution in [-0.4, -0.2) is 18.5 Å². The standard InChI is InChI=1S/C13H28N2O/c1-4-7-8-11(5-2)13(16)15-10-9-12(14)6-3/h11-12H,4-10,14H2,1-3H3,(H,15,16).